The van der Waals surface area contributed by atoms with Gasteiger partial charge in [-0.05, 0) is 24.7 Å². The zero-order valence-electron chi connectivity index (χ0n) is 9.05. The van der Waals surface area contributed by atoms with Gasteiger partial charge in [-0.15, -0.1) is 0 Å². The number of hydrogen-bond acceptors (Lipinski definition) is 0. The molecule has 0 N–H and O–H groups in total. The van der Waals surface area contributed by atoms with E-state index in [1.807, 2.05) is 6.08 Å². The van der Waals surface area contributed by atoms with Gasteiger partial charge in [0.15, 0.2) is 0 Å². The van der Waals surface area contributed by atoms with Crippen LogP contribution in [0.4, 0.5) is 0 Å². The molecule has 0 heteroatoms. The molecular weight excluding hydrogens is 156 g/mol. The smallest absolute Gasteiger partial charge is 0.0174 e. The average Bonchev–Trinajstić information content (AvgIpc) is 2.51. The first-order valence-corrected chi connectivity index (χ1v) is 5.61. The van der Waals surface area contributed by atoms with Crippen molar-refractivity contribution in [2.45, 2.75) is 46.0 Å². The first-order valence-electron chi connectivity index (χ1n) is 5.61. The molecule has 13 heavy (non-hydrogen) atoms. The van der Waals surface area contributed by atoms with Crippen molar-refractivity contribution < 1.29 is 0 Å². The molecule has 0 amide bonds. The Hall–Kier alpha value is -0.520. The Morgan fingerprint density at radius 2 is 2.23 bits per heavy atom. The zero-order valence-corrected chi connectivity index (χ0v) is 9.05. The van der Waals surface area contributed by atoms with Crippen LogP contribution in [-0.2, 0) is 0 Å². The van der Waals surface area contributed by atoms with E-state index in [0.29, 0.717) is 0 Å². The maximum atomic E-state index is 3.80. The van der Waals surface area contributed by atoms with Crippen LogP contribution in [0.25, 0.3) is 0 Å². The van der Waals surface area contributed by atoms with Gasteiger partial charge in [0, 0.05) is 0 Å². The lowest BCUT2D eigenvalue weighted by atomic mass is 9.87. The molecule has 0 bridgehead atoms. The van der Waals surface area contributed by atoms with E-state index in [2.05, 4.69) is 26.5 Å². The Labute approximate surface area is 82.7 Å². The summed E-state index contributed by atoms with van der Waals surface area (Å²) in [6.45, 7) is 8.46. The Balaban J connectivity index is 2.63. The second-order valence-electron chi connectivity index (χ2n) is 4.24. The molecule has 1 fully saturated rings. The van der Waals surface area contributed by atoms with Crippen molar-refractivity contribution in [3.8, 4) is 0 Å². The van der Waals surface area contributed by atoms with Crippen molar-refractivity contribution in [2.24, 2.45) is 11.8 Å². The van der Waals surface area contributed by atoms with Crippen LogP contribution in [0.2, 0.25) is 0 Å². The monoisotopic (exact) mass is 178 g/mol. The maximum absolute atomic E-state index is 3.80. The van der Waals surface area contributed by atoms with E-state index < -0.39 is 0 Å². The first kappa shape index (κ1) is 10.6. The lowest BCUT2D eigenvalue weighted by Crippen LogP contribution is -2.07. The quantitative estimate of drug-likeness (QED) is 0.562. The highest BCUT2D eigenvalue weighted by Crippen LogP contribution is 2.37. The van der Waals surface area contributed by atoms with Gasteiger partial charge in [-0.3, -0.25) is 0 Å². The van der Waals surface area contributed by atoms with Crippen molar-refractivity contribution in [3.63, 3.8) is 0 Å². The van der Waals surface area contributed by atoms with Gasteiger partial charge in [0.05, 0.1) is 0 Å². The van der Waals surface area contributed by atoms with Crippen molar-refractivity contribution in [2.75, 3.05) is 0 Å². The van der Waals surface area contributed by atoms with Crippen molar-refractivity contribution >= 4 is 0 Å². The van der Waals surface area contributed by atoms with Crippen LogP contribution < -0.4 is 0 Å². The third kappa shape index (κ3) is 2.72. The average molecular weight is 178 g/mol. The normalized spacial score (nSPS) is 29.2. The maximum Gasteiger partial charge on any atom is -0.0174 e. The topological polar surface area (TPSA) is 0 Å². The summed E-state index contributed by atoms with van der Waals surface area (Å²) in [5, 5.41) is 0. The first-order chi connectivity index (χ1) is 6.29. The molecule has 0 nitrogen and oxygen atoms in total. The fourth-order valence-electron chi connectivity index (χ4n) is 2.53. The Bertz CT molecular complexity index is 188. The predicted molar refractivity (Wildman–Crippen MR) is 59.7 cm³/mol. The molecule has 0 saturated heterocycles. The van der Waals surface area contributed by atoms with Gasteiger partial charge in [-0.1, -0.05) is 57.4 Å². The van der Waals surface area contributed by atoms with Crippen molar-refractivity contribution in [1.29, 1.82) is 0 Å². The summed E-state index contributed by atoms with van der Waals surface area (Å²) >= 11 is 0. The molecule has 1 saturated carbocycles. The van der Waals surface area contributed by atoms with Crippen LogP contribution in [0.1, 0.15) is 46.0 Å². The van der Waals surface area contributed by atoms with Crippen LogP contribution in [0.15, 0.2) is 24.3 Å². The van der Waals surface area contributed by atoms with Gasteiger partial charge >= 0.3 is 0 Å². The molecule has 1 aliphatic carbocycles. The fraction of sp³-hybridized carbons (Fsp3) is 0.692. The predicted octanol–water partition coefficient (Wildman–Crippen LogP) is 4.34. The van der Waals surface area contributed by atoms with E-state index in [9.17, 15) is 0 Å². The Kier molecular flexibility index (Phi) is 4.27. The standard InChI is InChI=1S/C13H22/c1-4-7-12(8-5-2)13-10-6-9-11(13)3/h4,7,11,13H,1,5-6,8-10H2,2-3H3/b12-7+. The van der Waals surface area contributed by atoms with Crippen LogP contribution in [0.5, 0.6) is 0 Å². The minimum atomic E-state index is 0.859. The fourth-order valence-corrected chi connectivity index (χ4v) is 2.53. The second-order valence-corrected chi connectivity index (χ2v) is 4.24. The zero-order chi connectivity index (χ0) is 9.68. The molecule has 1 aliphatic rings. The highest BCUT2D eigenvalue weighted by atomic mass is 14.3. The third-order valence-corrected chi connectivity index (χ3v) is 3.21. The lowest BCUT2D eigenvalue weighted by Gasteiger charge is -2.18. The van der Waals surface area contributed by atoms with E-state index in [1.165, 1.54) is 32.1 Å². The van der Waals surface area contributed by atoms with Gasteiger partial charge in [0.1, 0.15) is 0 Å². The minimum absolute atomic E-state index is 0.859. The molecule has 0 aromatic rings. The Morgan fingerprint density at radius 3 is 2.69 bits per heavy atom. The molecular formula is C13H22. The van der Waals surface area contributed by atoms with E-state index in [-0.39, 0.29) is 0 Å². The van der Waals surface area contributed by atoms with E-state index in [1.54, 1.807) is 5.57 Å². The second kappa shape index (κ2) is 5.26. The molecule has 2 unspecified atom stereocenters. The molecule has 0 radical (unpaired) electrons. The van der Waals surface area contributed by atoms with E-state index in [0.717, 1.165) is 11.8 Å². The van der Waals surface area contributed by atoms with Crippen LogP contribution in [0, 0.1) is 11.8 Å². The van der Waals surface area contributed by atoms with Crippen LogP contribution >= 0.6 is 0 Å². The SMILES string of the molecule is C=C/C=C(\CCC)C1CCCC1C. The molecule has 0 aromatic heterocycles. The summed E-state index contributed by atoms with van der Waals surface area (Å²) in [4.78, 5) is 0. The number of allylic oxidation sites excluding steroid dienone is 3. The number of rotatable bonds is 4. The summed E-state index contributed by atoms with van der Waals surface area (Å²) in [5.41, 5.74) is 1.64. The van der Waals surface area contributed by atoms with Gasteiger partial charge in [-0.25, -0.2) is 0 Å². The molecule has 0 heterocycles. The summed E-state index contributed by atoms with van der Waals surface area (Å²) in [7, 11) is 0. The molecule has 0 aliphatic heterocycles. The third-order valence-electron chi connectivity index (χ3n) is 3.21. The molecule has 0 spiro atoms. The van der Waals surface area contributed by atoms with Crippen LogP contribution in [0.3, 0.4) is 0 Å². The summed E-state index contributed by atoms with van der Waals surface area (Å²) in [6.07, 6.45) is 11.0. The summed E-state index contributed by atoms with van der Waals surface area (Å²) in [6, 6.07) is 0. The lowest BCUT2D eigenvalue weighted by molar-refractivity contribution is 0.465. The number of hydrogen-bond donors (Lipinski definition) is 0. The molecule has 1 rings (SSSR count). The van der Waals surface area contributed by atoms with Gasteiger partial charge < -0.3 is 0 Å². The van der Waals surface area contributed by atoms with Crippen molar-refractivity contribution in [3.05, 3.63) is 24.3 Å². The van der Waals surface area contributed by atoms with E-state index in [4.69, 9.17) is 0 Å². The van der Waals surface area contributed by atoms with Crippen molar-refractivity contribution in [1.82, 2.24) is 0 Å². The Morgan fingerprint density at radius 1 is 1.46 bits per heavy atom. The minimum Gasteiger partial charge on any atom is -0.0991 e. The van der Waals surface area contributed by atoms with Gasteiger partial charge in [-0.2, -0.15) is 0 Å². The molecule has 74 valence electrons. The molecule has 0 aromatic carbocycles. The summed E-state index contributed by atoms with van der Waals surface area (Å²) in [5.74, 6) is 1.76. The van der Waals surface area contributed by atoms with Gasteiger partial charge in [0.2, 0.25) is 0 Å². The van der Waals surface area contributed by atoms with E-state index >= 15 is 0 Å². The highest BCUT2D eigenvalue weighted by molar-refractivity contribution is 5.15. The highest BCUT2D eigenvalue weighted by Gasteiger charge is 2.25. The van der Waals surface area contributed by atoms with Gasteiger partial charge in [0.25, 0.3) is 0 Å². The van der Waals surface area contributed by atoms with Crippen LogP contribution in [-0.4, -0.2) is 0 Å². The summed E-state index contributed by atoms with van der Waals surface area (Å²) < 4.78 is 0. The largest absolute Gasteiger partial charge is 0.0991 e. The molecule has 2 atom stereocenters.